The number of halogens is 1. The molecule has 0 saturated carbocycles. The summed E-state index contributed by atoms with van der Waals surface area (Å²) in [6, 6.07) is 5.69. The van der Waals surface area contributed by atoms with Crippen LogP contribution < -0.4 is 10.6 Å². The summed E-state index contributed by atoms with van der Waals surface area (Å²) in [7, 11) is 0. The molecule has 1 aromatic carbocycles. The standard InChI is InChI=1S/C12H15FN2O2/c1-2-3-8-14-11(16)12(17)15-10-7-5-4-6-9(10)13/h4-7H,2-3,8H2,1H3,(H,14,16)(H,15,17). The fourth-order valence-electron chi connectivity index (χ4n) is 1.20. The summed E-state index contributed by atoms with van der Waals surface area (Å²) in [6.07, 6.45) is 1.73. The Bertz CT molecular complexity index is 407. The molecule has 0 aliphatic rings. The van der Waals surface area contributed by atoms with Gasteiger partial charge in [-0.25, -0.2) is 4.39 Å². The highest BCUT2D eigenvalue weighted by molar-refractivity contribution is 6.39. The SMILES string of the molecule is CCCCNC(=O)C(=O)Nc1ccccc1F. The molecule has 2 amide bonds. The number of anilines is 1. The Balaban J connectivity index is 2.49. The predicted octanol–water partition coefficient (Wildman–Crippen LogP) is 1.68. The van der Waals surface area contributed by atoms with Gasteiger partial charge in [0.2, 0.25) is 0 Å². The second-order valence-electron chi connectivity index (χ2n) is 3.54. The molecule has 0 radical (unpaired) electrons. The van der Waals surface area contributed by atoms with Crippen LogP contribution in [0.1, 0.15) is 19.8 Å². The summed E-state index contributed by atoms with van der Waals surface area (Å²) in [5.41, 5.74) is 0.00291. The molecule has 4 nitrogen and oxygen atoms in total. The van der Waals surface area contributed by atoms with Crippen molar-refractivity contribution in [1.29, 1.82) is 0 Å². The first-order valence-corrected chi connectivity index (χ1v) is 5.49. The summed E-state index contributed by atoms with van der Waals surface area (Å²) in [5, 5.41) is 4.66. The van der Waals surface area contributed by atoms with E-state index in [9.17, 15) is 14.0 Å². The lowest BCUT2D eigenvalue weighted by Crippen LogP contribution is -2.36. The van der Waals surface area contributed by atoms with E-state index in [1.54, 1.807) is 6.07 Å². The Morgan fingerprint density at radius 3 is 2.59 bits per heavy atom. The van der Waals surface area contributed by atoms with E-state index < -0.39 is 17.6 Å². The predicted molar refractivity (Wildman–Crippen MR) is 62.9 cm³/mol. The molecular weight excluding hydrogens is 223 g/mol. The summed E-state index contributed by atoms with van der Waals surface area (Å²) < 4.78 is 13.2. The molecule has 92 valence electrons. The number of para-hydroxylation sites is 1. The largest absolute Gasteiger partial charge is 0.348 e. The first-order valence-electron chi connectivity index (χ1n) is 5.49. The highest BCUT2D eigenvalue weighted by Crippen LogP contribution is 2.11. The molecule has 0 unspecified atom stereocenters. The fraction of sp³-hybridized carbons (Fsp3) is 0.333. The van der Waals surface area contributed by atoms with E-state index in [2.05, 4.69) is 10.6 Å². The van der Waals surface area contributed by atoms with E-state index in [-0.39, 0.29) is 5.69 Å². The van der Waals surface area contributed by atoms with E-state index in [1.165, 1.54) is 18.2 Å². The number of hydrogen-bond donors (Lipinski definition) is 2. The van der Waals surface area contributed by atoms with E-state index in [0.29, 0.717) is 6.54 Å². The van der Waals surface area contributed by atoms with E-state index in [1.807, 2.05) is 6.92 Å². The van der Waals surface area contributed by atoms with Crippen molar-refractivity contribution in [2.45, 2.75) is 19.8 Å². The van der Waals surface area contributed by atoms with Crippen LogP contribution in [0, 0.1) is 5.82 Å². The second-order valence-corrected chi connectivity index (χ2v) is 3.54. The van der Waals surface area contributed by atoms with Gasteiger partial charge in [0, 0.05) is 6.54 Å². The van der Waals surface area contributed by atoms with Gasteiger partial charge in [0.1, 0.15) is 5.82 Å². The Labute approximate surface area is 99.2 Å². The van der Waals surface area contributed by atoms with Crippen LogP contribution in [0.25, 0.3) is 0 Å². The maximum atomic E-state index is 13.2. The number of benzene rings is 1. The quantitative estimate of drug-likeness (QED) is 0.619. The average Bonchev–Trinajstić information content (AvgIpc) is 2.32. The number of carbonyl (C=O) groups excluding carboxylic acids is 2. The Kier molecular flexibility index (Phi) is 5.13. The lowest BCUT2D eigenvalue weighted by atomic mass is 10.3. The molecule has 0 aliphatic carbocycles. The van der Waals surface area contributed by atoms with Crippen LogP contribution in [0.4, 0.5) is 10.1 Å². The molecule has 0 saturated heterocycles. The molecule has 0 aromatic heterocycles. The number of rotatable bonds is 4. The van der Waals surface area contributed by atoms with Crippen molar-refractivity contribution in [3.8, 4) is 0 Å². The van der Waals surface area contributed by atoms with Crippen molar-refractivity contribution in [2.24, 2.45) is 0 Å². The normalized spacial score (nSPS) is 9.76. The third-order valence-corrected chi connectivity index (χ3v) is 2.14. The minimum atomic E-state index is -0.855. The van der Waals surface area contributed by atoms with Crippen LogP contribution in [0.2, 0.25) is 0 Å². The van der Waals surface area contributed by atoms with Crippen molar-refractivity contribution in [3.05, 3.63) is 30.1 Å². The molecule has 0 aliphatic heterocycles. The van der Waals surface area contributed by atoms with Gasteiger partial charge in [-0.1, -0.05) is 25.5 Å². The van der Waals surface area contributed by atoms with Gasteiger partial charge in [-0.2, -0.15) is 0 Å². The van der Waals surface area contributed by atoms with E-state index in [0.717, 1.165) is 12.8 Å². The number of hydrogen-bond acceptors (Lipinski definition) is 2. The van der Waals surface area contributed by atoms with Gasteiger partial charge in [0.05, 0.1) is 5.69 Å². The van der Waals surface area contributed by atoms with Crippen LogP contribution >= 0.6 is 0 Å². The Morgan fingerprint density at radius 1 is 1.24 bits per heavy atom. The van der Waals surface area contributed by atoms with Gasteiger partial charge in [-0.05, 0) is 18.6 Å². The number of nitrogens with one attached hydrogen (secondary N) is 2. The molecule has 0 bridgehead atoms. The zero-order valence-corrected chi connectivity index (χ0v) is 9.63. The molecule has 2 N–H and O–H groups in total. The van der Waals surface area contributed by atoms with Crippen molar-refractivity contribution in [2.75, 3.05) is 11.9 Å². The van der Waals surface area contributed by atoms with Crippen LogP contribution in [0.3, 0.4) is 0 Å². The molecule has 1 aromatic rings. The topological polar surface area (TPSA) is 58.2 Å². The minimum Gasteiger partial charge on any atom is -0.348 e. The second kappa shape index (κ2) is 6.62. The molecule has 17 heavy (non-hydrogen) atoms. The Morgan fingerprint density at radius 2 is 1.94 bits per heavy atom. The zero-order chi connectivity index (χ0) is 12.7. The van der Waals surface area contributed by atoms with Crippen LogP contribution in [-0.4, -0.2) is 18.4 Å². The molecule has 0 heterocycles. The molecule has 5 heteroatoms. The van der Waals surface area contributed by atoms with Gasteiger partial charge in [0.25, 0.3) is 0 Å². The third-order valence-electron chi connectivity index (χ3n) is 2.14. The summed E-state index contributed by atoms with van der Waals surface area (Å²) >= 11 is 0. The molecular formula is C12H15FN2O2. The molecule has 1 rings (SSSR count). The fourth-order valence-corrected chi connectivity index (χ4v) is 1.20. The lowest BCUT2D eigenvalue weighted by Gasteiger charge is -2.06. The minimum absolute atomic E-state index is 0.00291. The third kappa shape index (κ3) is 4.22. The van der Waals surface area contributed by atoms with Crippen molar-refractivity contribution >= 4 is 17.5 Å². The van der Waals surface area contributed by atoms with Gasteiger partial charge >= 0.3 is 11.8 Å². The van der Waals surface area contributed by atoms with Crippen molar-refractivity contribution in [1.82, 2.24) is 5.32 Å². The van der Waals surface area contributed by atoms with Crippen molar-refractivity contribution < 1.29 is 14.0 Å². The van der Waals surface area contributed by atoms with Gasteiger partial charge in [-0.15, -0.1) is 0 Å². The maximum Gasteiger partial charge on any atom is 0.313 e. The molecule has 0 atom stereocenters. The summed E-state index contributed by atoms with van der Waals surface area (Å²) in [4.78, 5) is 22.7. The summed E-state index contributed by atoms with van der Waals surface area (Å²) in [6.45, 7) is 2.42. The van der Waals surface area contributed by atoms with Crippen LogP contribution in [0.5, 0.6) is 0 Å². The molecule has 0 fully saturated rings. The summed E-state index contributed by atoms with van der Waals surface area (Å²) in [5.74, 6) is -2.17. The smallest absolute Gasteiger partial charge is 0.313 e. The molecule has 0 spiro atoms. The van der Waals surface area contributed by atoms with Gasteiger partial charge < -0.3 is 10.6 Å². The Hall–Kier alpha value is -1.91. The number of carbonyl (C=O) groups is 2. The van der Waals surface area contributed by atoms with Gasteiger partial charge in [-0.3, -0.25) is 9.59 Å². The lowest BCUT2D eigenvalue weighted by molar-refractivity contribution is -0.136. The maximum absolute atomic E-state index is 13.2. The highest BCUT2D eigenvalue weighted by Gasteiger charge is 2.14. The monoisotopic (exact) mass is 238 g/mol. The van der Waals surface area contributed by atoms with Crippen LogP contribution in [0.15, 0.2) is 24.3 Å². The van der Waals surface area contributed by atoms with E-state index in [4.69, 9.17) is 0 Å². The van der Waals surface area contributed by atoms with E-state index >= 15 is 0 Å². The first-order chi connectivity index (χ1) is 8.15. The highest BCUT2D eigenvalue weighted by atomic mass is 19.1. The first kappa shape index (κ1) is 13.2. The van der Waals surface area contributed by atoms with Crippen LogP contribution in [-0.2, 0) is 9.59 Å². The number of unbranched alkanes of at least 4 members (excludes halogenated alkanes) is 1. The van der Waals surface area contributed by atoms with Gasteiger partial charge in [0.15, 0.2) is 0 Å². The zero-order valence-electron chi connectivity index (χ0n) is 9.63. The van der Waals surface area contributed by atoms with Crippen molar-refractivity contribution in [3.63, 3.8) is 0 Å². The average molecular weight is 238 g/mol. The number of amides is 2.